The number of hydrogen-bond acceptors (Lipinski definition) is 2. The summed E-state index contributed by atoms with van der Waals surface area (Å²) >= 11 is 0. The zero-order valence-corrected chi connectivity index (χ0v) is 10.0. The summed E-state index contributed by atoms with van der Waals surface area (Å²) in [5.74, 6) is -2.07. The summed E-state index contributed by atoms with van der Waals surface area (Å²) < 4.78 is 26.6. The lowest BCUT2D eigenvalue weighted by Crippen LogP contribution is -2.35. The van der Waals surface area contributed by atoms with E-state index in [1.54, 1.807) is 0 Å². The molecule has 0 bridgehead atoms. The van der Waals surface area contributed by atoms with Crippen LogP contribution in [0.5, 0.6) is 0 Å². The first-order valence-electron chi connectivity index (χ1n) is 5.70. The highest BCUT2D eigenvalue weighted by Crippen LogP contribution is 2.12. The van der Waals surface area contributed by atoms with Gasteiger partial charge < -0.3 is 5.32 Å². The van der Waals surface area contributed by atoms with Gasteiger partial charge in [-0.2, -0.15) is 5.26 Å². The maximum Gasteiger partial charge on any atom is 0.225 e. The third-order valence-corrected chi connectivity index (χ3v) is 2.47. The van der Waals surface area contributed by atoms with Crippen molar-refractivity contribution >= 4 is 5.91 Å². The predicted molar refractivity (Wildman–Crippen MR) is 62.5 cm³/mol. The number of nitrogens with one attached hydrogen (secondary N) is 1. The topological polar surface area (TPSA) is 52.9 Å². The smallest absolute Gasteiger partial charge is 0.225 e. The van der Waals surface area contributed by atoms with Crippen LogP contribution in [0.25, 0.3) is 0 Å². The Bertz CT molecular complexity index is 448. The molecular formula is C13H14F2N2O. The second kappa shape index (κ2) is 6.70. The lowest BCUT2D eigenvalue weighted by molar-refractivity contribution is -0.120. The second-order valence-corrected chi connectivity index (χ2v) is 3.91. The van der Waals surface area contributed by atoms with E-state index in [-0.39, 0.29) is 5.56 Å². The van der Waals surface area contributed by atoms with Crippen LogP contribution in [0.4, 0.5) is 8.78 Å². The molecule has 1 aromatic rings. The van der Waals surface area contributed by atoms with Gasteiger partial charge in [0.15, 0.2) is 0 Å². The first-order valence-corrected chi connectivity index (χ1v) is 5.70. The first-order chi connectivity index (χ1) is 8.58. The van der Waals surface area contributed by atoms with Crippen molar-refractivity contribution in [1.29, 1.82) is 5.26 Å². The molecule has 1 N–H and O–H groups in total. The van der Waals surface area contributed by atoms with Gasteiger partial charge in [-0.1, -0.05) is 19.4 Å². The molecule has 0 spiro atoms. The van der Waals surface area contributed by atoms with Gasteiger partial charge in [-0.3, -0.25) is 4.79 Å². The van der Waals surface area contributed by atoms with Crippen molar-refractivity contribution in [3.8, 4) is 6.07 Å². The average Bonchev–Trinajstić information content (AvgIpc) is 2.33. The van der Waals surface area contributed by atoms with E-state index >= 15 is 0 Å². The molecular weight excluding hydrogens is 238 g/mol. The number of nitrogens with zero attached hydrogens (tertiary/aromatic N) is 1. The van der Waals surface area contributed by atoms with Crippen LogP contribution in [-0.2, 0) is 11.2 Å². The van der Waals surface area contributed by atoms with Crippen LogP contribution < -0.4 is 5.32 Å². The van der Waals surface area contributed by atoms with Gasteiger partial charge in [0.25, 0.3) is 0 Å². The molecule has 0 aliphatic rings. The Hall–Kier alpha value is -1.96. The Morgan fingerprint density at radius 3 is 2.56 bits per heavy atom. The minimum atomic E-state index is -0.755. The number of amides is 1. The van der Waals surface area contributed by atoms with Crippen LogP contribution in [-0.4, -0.2) is 11.9 Å². The summed E-state index contributed by atoms with van der Waals surface area (Å²) in [6.45, 7) is 1.88. The minimum absolute atomic E-state index is 0.275. The minimum Gasteiger partial charge on any atom is -0.340 e. The summed E-state index contributed by atoms with van der Waals surface area (Å²) in [5, 5.41) is 11.2. The van der Waals surface area contributed by atoms with Crippen molar-refractivity contribution in [3.63, 3.8) is 0 Å². The summed E-state index contributed by atoms with van der Waals surface area (Å²) in [7, 11) is 0. The molecule has 0 radical (unpaired) electrons. The maximum atomic E-state index is 13.3. The van der Waals surface area contributed by atoms with E-state index in [2.05, 4.69) is 5.32 Å². The molecule has 18 heavy (non-hydrogen) atoms. The molecule has 0 aromatic heterocycles. The first kappa shape index (κ1) is 14.1. The fourth-order valence-electron chi connectivity index (χ4n) is 1.56. The summed E-state index contributed by atoms with van der Waals surface area (Å²) in [6, 6.07) is 4.75. The van der Waals surface area contributed by atoms with E-state index in [1.165, 1.54) is 6.07 Å². The lowest BCUT2D eigenvalue weighted by Gasteiger charge is -2.11. The Kier molecular flexibility index (Phi) is 5.25. The molecule has 0 fully saturated rings. The van der Waals surface area contributed by atoms with E-state index in [1.807, 2.05) is 13.0 Å². The van der Waals surface area contributed by atoms with Crippen LogP contribution in [0.15, 0.2) is 18.2 Å². The predicted octanol–water partition coefficient (Wildman–Crippen LogP) is 2.32. The van der Waals surface area contributed by atoms with Crippen molar-refractivity contribution in [2.24, 2.45) is 0 Å². The number of halogens is 2. The molecule has 1 aromatic carbocycles. The van der Waals surface area contributed by atoms with Crippen LogP contribution in [0, 0.1) is 23.0 Å². The Balaban J connectivity index is 2.68. The van der Waals surface area contributed by atoms with E-state index in [9.17, 15) is 13.6 Å². The molecule has 0 saturated carbocycles. The fraction of sp³-hybridized carbons (Fsp3) is 0.385. The molecule has 0 heterocycles. The molecule has 1 amide bonds. The summed E-state index contributed by atoms with van der Waals surface area (Å²) in [6.07, 6.45) is 0.856. The zero-order valence-electron chi connectivity index (χ0n) is 10.0. The molecule has 3 nitrogen and oxygen atoms in total. The molecule has 1 atom stereocenters. The second-order valence-electron chi connectivity index (χ2n) is 3.91. The Morgan fingerprint density at radius 1 is 1.44 bits per heavy atom. The van der Waals surface area contributed by atoms with Gasteiger partial charge in [0.2, 0.25) is 5.91 Å². The number of nitriles is 1. The van der Waals surface area contributed by atoms with Crippen LogP contribution in [0.3, 0.4) is 0 Å². The number of hydrogen-bond donors (Lipinski definition) is 1. The van der Waals surface area contributed by atoms with E-state index < -0.39 is 30.0 Å². The van der Waals surface area contributed by atoms with Gasteiger partial charge in [0.1, 0.15) is 17.7 Å². The fourth-order valence-corrected chi connectivity index (χ4v) is 1.56. The van der Waals surface area contributed by atoms with Gasteiger partial charge >= 0.3 is 0 Å². The SMILES string of the molecule is CCCC(C#N)NC(=O)Cc1c(F)cccc1F. The van der Waals surface area contributed by atoms with Crippen LogP contribution >= 0.6 is 0 Å². The number of benzene rings is 1. The monoisotopic (exact) mass is 252 g/mol. The molecule has 0 aliphatic heterocycles. The molecule has 5 heteroatoms. The van der Waals surface area contributed by atoms with Gasteiger partial charge in [-0.25, -0.2) is 8.78 Å². The number of carbonyl (C=O) groups is 1. The highest BCUT2D eigenvalue weighted by Gasteiger charge is 2.15. The van der Waals surface area contributed by atoms with Gasteiger partial charge in [0, 0.05) is 5.56 Å². The summed E-state index contributed by atoms with van der Waals surface area (Å²) in [4.78, 5) is 11.6. The van der Waals surface area contributed by atoms with E-state index in [4.69, 9.17) is 5.26 Å². The third kappa shape index (κ3) is 3.81. The molecule has 1 rings (SSSR count). The van der Waals surface area contributed by atoms with Gasteiger partial charge in [-0.15, -0.1) is 0 Å². The highest BCUT2D eigenvalue weighted by atomic mass is 19.1. The van der Waals surface area contributed by atoms with Gasteiger partial charge in [-0.05, 0) is 18.6 Å². The van der Waals surface area contributed by atoms with Crippen molar-refractivity contribution in [3.05, 3.63) is 35.4 Å². The molecule has 0 saturated heterocycles. The summed E-state index contributed by atoms with van der Waals surface area (Å²) in [5.41, 5.74) is -0.275. The normalized spacial score (nSPS) is 11.7. The lowest BCUT2D eigenvalue weighted by atomic mass is 10.1. The van der Waals surface area contributed by atoms with Crippen molar-refractivity contribution in [1.82, 2.24) is 5.32 Å². The average molecular weight is 252 g/mol. The quantitative estimate of drug-likeness (QED) is 0.874. The molecule has 1 unspecified atom stereocenters. The van der Waals surface area contributed by atoms with E-state index in [0.717, 1.165) is 18.6 Å². The van der Waals surface area contributed by atoms with Crippen molar-refractivity contribution in [2.45, 2.75) is 32.2 Å². The van der Waals surface area contributed by atoms with Crippen molar-refractivity contribution < 1.29 is 13.6 Å². The number of rotatable bonds is 5. The molecule has 0 aliphatic carbocycles. The van der Waals surface area contributed by atoms with Crippen LogP contribution in [0.2, 0.25) is 0 Å². The number of carbonyl (C=O) groups excluding carboxylic acids is 1. The standard InChI is InChI=1S/C13H14F2N2O/c1-2-4-9(8-16)17-13(18)7-10-11(14)5-3-6-12(10)15/h3,5-6,9H,2,4,7H2,1H3,(H,17,18). The van der Waals surface area contributed by atoms with E-state index in [0.29, 0.717) is 6.42 Å². The Morgan fingerprint density at radius 2 is 2.06 bits per heavy atom. The van der Waals surface area contributed by atoms with Gasteiger partial charge in [0.05, 0.1) is 12.5 Å². The zero-order chi connectivity index (χ0) is 13.5. The van der Waals surface area contributed by atoms with Crippen LogP contribution in [0.1, 0.15) is 25.3 Å². The largest absolute Gasteiger partial charge is 0.340 e. The molecule has 96 valence electrons. The Labute approximate surface area is 104 Å². The third-order valence-electron chi connectivity index (χ3n) is 2.47. The highest BCUT2D eigenvalue weighted by molar-refractivity contribution is 5.79. The van der Waals surface area contributed by atoms with Crippen molar-refractivity contribution in [2.75, 3.05) is 0 Å². The maximum absolute atomic E-state index is 13.3.